The molecule has 0 spiro atoms. The van der Waals surface area contributed by atoms with Crippen molar-refractivity contribution < 1.29 is 4.74 Å². The summed E-state index contributed by atoms with van der Waals surface area (Å²) in [6.45, 7) is 4.50. The number of likely N-dealkylation sites (N-methyl/N-ethyl adjacent to an activating group) is 2. The van der Waals surface area contributed by atoms with Crippen molar-refractivity contribution in [3.05, 3.63) is 28.2 Å². The molecule has 3 nitrogen and oxygen atoms in total. The summed E-state index contributed by atoms with van der Waals surface area (Å²) in [7, 11) is 7.96. The van der Waals surface area contributed by atoms with E-state index in [1.54, 1.807) is 7.11 Å². The molecule has 0 aliphatic heterocycles. The smallest absolute Gasteiger partial charge is 0.122 e. The summed E-state index contributed by atoms with van der Waals surface area (Å²) in [5.41, 5.74) is 1.27. The van der Waals surface area contributed by atoms with Crippen LogP contribution < -0.4 is 10.1 Å². The van der Waals surface area contributed by atoms with Crippen molar-refractivity contribution in [3.8, 4) is 5.75 Å². The van der Waals surface area contributed by atoms with E-state index in [4.69, 9.17) is 4.74 Å². The monoisotopic (exact) mass is 328 g/mol. The lowest BCUT2D eigenvalue weighted by molar-refractivity contribution is 0.141. The Morgan fingerprint density at radius 3 is 2.47 bits per heavy atom. The molecular formula is C15H25BrN2O. The second-order valence-corrected chi connectivity index (χ2v) is 6.47. The minimum absolute atomic E-state index is 0.0576. The largest absolute Gasteiger partial charge is 0.496 e. The normalized spacial score (nSPS) is 13.7. The second-order valence-electron chi connectivity index (χ2n) is 5.55. The molecule has 4 heteroatoms. The molecule has 108 valence electrons. The Morgan fingerprint density at radius 1 is 1.37 bits per heavy atom. The molecule has 0 amide bonds. The van der Waals surface area contributed by atoms with E-state index in [9.17, 15) is 0 Å². The number of hydrogen-bond donors (Lipinski definition) is 1. The number of nitrogens with zero attached hydrogens (tertiary/aromatic N) is 1. The van der Waals surface area contributed by atoms with E-state index >= 15 is 0 Å². The second kappa shape index (κ2) is 6.73. The maximum atomic E-state index is 5.46. The van der Waals surface area contributed by atoms with E-state index < -0.39 is 0 Å². The molecule has 1 atom stereocenters. The topological polar surface area (TPSA) is 24.5 Å². The highest BCUT2D eigenvalue weighted by atomic mass is 79.9. The Labute approximate surface area is 125 Å². The van der Waals surface area contributed by atoms with Crippen LogP contribution in [-0.4, -0.2) is 44.7 Å². The first-order valence-corrected chi connectivity index (χ1v) is 7.29. The molecule has 0 radical (unpaired) electrons. The third-order valence-electron chi connectivity index (χ3n) is 4.02. The van der Waals surface area contributed by atoms with Gasteiger partial charge in [-0.1, -0.05) is 15.9 Å². The van der Waals surface area contributed by atoms with Crippen molar-refractivity contribution in [2.24, 2.45) is 0 Å². The summed E-state index contributed by atoms with van der Waals surface area (Å²) in [6.07, 6.45) is 0.921. The standard InChI is InChI=1S/C15H25BrN2O/c1-15(2,18(4)5)14(17-3)10-11-9-12(16)7-8-13(11)19-6/h7-9,14,17H,10H2,1-6H3. The van der Waals surface area contributed by atoms with Gasteiger partial charge in [-0.15, -0.1) is 0 Å². The number of methoxy groups -OCH3 is 1. The number of nitrogens with one attached hydrogen (secondary N) is 1. The van der Waals surface area contributed by atoms with Gasteiger partial charge < -0.3 is 15.0 Å². The quantitative estimate of drug-likeness (QED) is 0.868. The van der Waals surface area contributed by atoms with Gasteiger partial charge in [-0.05, 0) is 65.2 Å². The van der Waals surface area contributed by atoms with Crippen LogP contribution in [0.5, 0.6) is 5.75 Å². The van der Waals surface area contributed by atoms with Gasteiger partial charge >= 0.3 is 0 Å². The Hall–Kier alpha value is -0.580. The predicted octanol–water partition coefficient (Wildman–Crippen LogP) is 2.93. The van der Waals surface area contributed by atoms with Crippen molar-refractivity contribution in [3.63, 3.8) is 0 Å². The van der Waals surface area contributed by atoms with Crippen molar-refractivity contribution in [1.29, 1.82) is 0 Å². The summed E-state index contributed by atoms with van der Waals surface area (Å²) in [5.74, 6) is 0.943. The lowest BCUT2D eigenvalue weighted by Crippen LogP contribution is -2.55. The zero-order valence-corrected chi connectivity index (χ0v) is 14.3. The molecule has 1 aromatic rings. The number of rotatable bonds is 6. The maximum Gasteiger partial charge on any atom is 0.122 e. The average molecular weight is 329 g/mol. The third-order valence-corrected chi connectivity index (χ3v) is 4.51. The summed E-state index contributed by atoms with van der Waals surface area (Å²) < 4.78 is 6.54. The minimum Gasteiger partial charge on any atom is -0.496 e. The fraction of sp³-hybridized carbons (Fsp3) is 0.600. The van der Waals surface area contributed by atoms with Gasteiger partial charge in [0.15, 0.2) is 0 Å². The van der Waals surface area contributed by atoms with Crippen LogP contribution in [0.3, 0.4) is 0 Å². The van der Waals surface area contributed by atoms with Crippen LogP contribution in [0.25, 0.3) is 0 Å². The summed E-state index contributed by atoms with van der Waals surface area (Å²) >= 11 is 3.53. The van der Waals surface area contributed by atoms with Crippen LogP contribution in [0.4, 0.5) is 0 Å². The fourth-order valence-corrected chi connectivity index (χ4v) is 2.55. The van der Waals surface area contributed by atoms with Gasteiger partial charge in [0.05, 0.1) is 7.11 Å². The maximum absolute atomic E-state index is 5.46. The Balaban J connectivity index is 3.02. The molecule has 0 aliphatic rings. The van der Waals surface area contributed by atoms with Gasteiger partial charge in [0.2, 0.25) is 0 Å². The molecule has 1 aromatic carbocycles. The summed E-state index contributed by atoms with van der Waals surface area (Å²) in [6, 6.07) is 6.49. The molecule has 1 unspecified atom stereocenters. The zero-order chi connectivity index (χ0) is 14.6. The molecule has 0 saturated carbocycles. The Kier molecular flexibility index (Phi) is 5.83. The average Bonchev–Trinajstić information content (AvgIpc) is 2.35. The molecule has 0 heterocycles. The first kappa shape index (κ1) is 16.5. The lowest BCUT2D eigenvalue weighted by atomic mass is 9.88. The van der Waals surface area contributed by atoms with Gasteiger partial charge in [0, 0.05) is 16.1 Å². The summed E-state index contributed by atoms with van der Waals surface area (Å²) in [4.78, 5) is 2.25. The first-order valence-electron chi connectivity index (χ1n) is 6.50. The van der Waals surface area contributed by atoms with Gasteiger partial charge in [-0.2, -0.15) is 0 Å². The molecule has 0 aromatic heterocycles. The number of benzene rings is 1. The SMILES string of the molecule is CNC(Cc1cc(Br)ccc1OC)C(C)(C)N(C)C. The van der Waals surface area contributed by atoms with Gasteiger partial charge in [0.25, 0.3) is 0 Å². The zero-order valence-electron chi connectivity index (χ0n) is 12.7. The van der Waals surface area contributed by atoms with E-state index in [0.717, 1.165) is 16.6 Å². The molecule has 1 N–H and O–H groups in total. The van der Waals surface area contributed by atoms with Crippen molar-refractivity contribution in [2.45, 2.75) is 31.8 Å². The van der Waals surface area contributed by atoms with Gasteiger partial charge in [-0.3, -0.25) is 0 Å². The lowest BCUT2D eigenvalue weighted by Gasteiger charge is -2.40. The highest BCUT2D eigenvalue weighted by molar-refractivity contribution is 9.10. The minimum atomic E-state index is 0.0576. The third kappa shape index (κ3) is 3.94. The Bertz CT molecular complexity index is 419. The van der Waals surface area contributed by atoms with Crippen molar-refractivity contribution in [2.75, 3.05) is 28.3 Å². The molecule has 0 fully saturated rings. The first-order chi connectivity index (χ1) is 8.82. The van der Waals surface area contributed by atoms with E-state index in [1.165, 1.54) is 5.56 Å². The molecule has 1 rings (SSSR count). The molecule has 0 aliphatic carbocycles. The van der Waals surface area contributed by atoms with Crippen molar-refractivity contribution in [1.82, 2.24) is 10.2 Å². The predicted molar refractivity (Wildman–Crippen MR) is 85.0 cm³/mol. The van der Waals surface area contributed by atoms with Gasteiger partial charge in [0.1, 0.15) is 5.75 Å². The van der Waals surface area contributed by atoms with Crippen LogP contribution in [0.2, 0.25) is 0 Å². The molecule has 0 saturated heterocycles. The molecule has 19 heavy (non-hydrogen) atoms. The highest BCUT2D eigenvalue weighted by Gasteiger charge is 2.31. The van der Waals surface area contributed by atoms with E-state index in [-0.39, 0.29) is 5.54 Å². The van der Waals surface area contributed by atoms with Crippen LogP contribution in [-0.2, 0) is 6.42 Å². The van der Waals surface area contributed by atoms with Gasteiger partial charge in [-0.25, -0.2) is 0 Å². The van der Waals surface area contributed by atoms with Crippen LogP contribution in [0.15, 0.2) is 22.7 Å². The fourth-order valence-electron chi connectivity index (χ4n) is 2.14. The van der Waals surface area contributed by atoms with Crippen molar-refractivity contribution >= 4 is 15.9 Å². The highest BCUT2D eigenvalue weighted by Crippen LogP contribution is 2.27. The van der Waals surface area contributed by atoms with Crippen LogP contribution >= 0.6 is 15.9 Å². The van der Waals surface area contributed by atoms with E-state index in [2.05, 4.69) is 60.2 Å². The van der Waals surface area contributed by atoms with E-state index in [0.29, 0.717) is 6.04 Å². The number of hydrogen-bond acceptors (Lipinski definition) is 3. The molecular weight excluding hydrogens is 304 g/mol. The Morgan fingerprint density at radius 2 is 2.00 bits per heavy atom. The summed E-state index contributed by atoms with van der Waals surface area (Å²) in [5, 5.41) is 3.43. The van der Waals surface area contributed by atoms with Crippen LogP contribution in [0, 0.1) is 0 Å². The number of ether oxygens (including phenoxy) is 1. The number of halogens is 1. The van der Waals surface area contributed by atoms with Crippen LogP contribution in [0.1, 0.15) is 19.4 Å². The van der Waals surface area contributed by atoms with E-state index in [1.807, 2.05) is 19.2 Å². The molecule has 0 bridgehead atoms.